The van der Waals surface area contributed by atoms with E-state index in [1.54, 1.807) is 35.0 Å². The van der Waals surface area contributed by atoms with Crippen molar-refractivity contribution >= 4 is 16.8 Å². The van der Waals surface area contributed by atoms with Crippen LogP contribution < -0.4 is 4.74 Å². The van der Waals surface area contributed by atoms with Crippen LogP contribution in [0.4, 0.5) is 0 Å². The number of para-hydroxylation sites is 1. The second kappa shape index (κ2) is 7.26. The molecule has 138 valence electrons. The summed E-state index contributed by atoms with van der Waals surface area (Å²) in [5, 5.41) is 27.2. The Morgan fingerprint density at radius 1 is 1.00 bits per heavy atom. The highest BCUT2D eigenvalue weighted by Gasteiger charge is 2.17. The zero-order chi connectivity index (χ0) is 20.4. The zero-order valence-corrected chi connectivity index (χ0v) is 15.3. The predicted octanol–water partition coefficient (Wildman–Crippen LogP) is 4.16. The first kappa shape index (κ1) is 17.9. The van der Waals surface area contributed by atoms with E-state index in [0.717, 1.165) is 5.52 Å². The number of ketones is 1. The third-order valence-electron chi connectivity index (χ3n) is 4.41. The van der Waals surface area contributed by atoms with Crippen LogP contribution in [0.2, 0.25) is 0 Å². The Kier molecular flexibility index (Phi) is 4.48. The number of nitrogens with zero attached hydrogens (tertiary/aromatic N) is 5. The smallest absolute Gasteiger partial charge is 0.159 e. The van der Waals surface area contributed by atoms with Gasteiger partial charge in [-0.15, -0.1) is 5.10 Å². The molecule has 0 amide bonds. The third-order valence-corrected chi connectivity index (χ3v) is 4.41. The molecule has 0 saturated carbocycles. The van der Waals surface area contributed by atoms with E-state index in [4.69, 9.17) is 4.74 Å². The molecule has 1 heterocycles. The van der Waals surface area contributed by atoms with Crippen molar-refractivity contribution in [2.75, 3.05) is 0 Å². The molecule has 7 heteroatoms. The molecule has 0 N–H and O–H groups in total. The molecule has 0 aliphatic heterocycles. The highest BCUT2D eigenvalue weighted by molar-refractivity contribution is 5.94. The van der Waals surface area contributed by atoms with Crippen molar-refractivity contribution in [1.29, 1.82) is 10.5 Å². The summed E-state index contributed by atoms with van der Waals surface area (Å²) in [6.45, 7) is 1.49. The van der Waals surface area contributed by atoms with Gasteiger partial charge in [-0.05, 0) is 49.4 Å². The van der Waals surface area contributed by atoms with Crippen LogP contribution in [-0.4, -0.2) is 20.8 Å². The molecule has 4 rings (SSSR count). The fourth-order valence-corrected chi connectivity index (χ4v) is 2.93. The molecule has 0 fully saturated rings. The van der Waals surface area contributed by atoms with Crippen LogP contribution in [0.15, 0.2) is 60.7 Å². The maximum absolute atomic E-state index is 11.5. The summed E-state index contributed by atoms with van der Waals surface area (Å²) in [5.41, 5.74) is 2.87. The van der Waals surface area contributed by atoms with Gasteiger partial charge in [-0.25, -0.2) is 4.68 Å². The number of benzene rings is 3. The van der Waals surface area contributed by atoms with Crippen LogP contribution in [0.3, 0.4) is 0 Å². The zero-order valence-electron chi connectivity index (χ0n) is 15.3. The Balaban J connectivity index is 1.87. The number of ether oxygens (including phenoxy) is 1. The standard InChI is InChI=1S/C22H13N5O2/c1-14(28)15-6-8-18(9-7-15)29-22-11-17(13-24)16(12-23)10-21(22)27-20-5-3-2-4-19(20)25-26-27/h2-11H,1H3. The Bertz CT molecular complexity index is 1320. The first-order valence-electron chi connectivity index (χ1n) is 8.68. The van der Waals surface area contributed by atoms with Gasteiger partial charge in [-0.2, -0.15) is 10.5 Å². The van der Waals surface area contributed by atoms with Gasteiger partial charge in [0, 0.05) is 11.6 Å². The number of nitriles is 2. The van der Waals surface area contributed by atoms with E-state index in [2.05, 4.69) is 10.3 Å². The molecule has 4 aromatic rings. The Morgan fingerprint density at radius 3 is 2.38 bits per heavy atom. The predicted molar refractivity (Wildman–Crippen MR) is 105 cm³/mol. The van der Waals surface area contributed by atoms with E-state index >= 15 is 0 Å². The van der Waals surface area contributed by atoms with E-state index in [0.29, 0.717) is 28.3 Å². The summed E-state index contributed by atoms with van der Waals surface area (Å²) < 4.78 is 7.56. The number of hydrogen-bond donors (Lipinski definition) is 0. The number of aromatic nitrogens is 3. The molecule has 0 unspecified atom stereocenters. The van der Waals surface area contributed by atoms with E-state index < -0.39 is 0 Å². The minimum absolute atomic E-state index is 0.0449. The molecule has 0 radical (unpaired) electrons. The van der Waals surface area contributed by atoms with Gasteiger partial charge in [0.1, 0.15) is 29.1 Å². The van der Waals surface area contributed by atoms with E-state index in [1.165, 1.54) is 13.0 Å². The van der Waals surface area contributed by atoms with E-state index in [1.807, 2.05) is 36.4 Å². The van der Waals surface area contributed by atoms with Crippen molar-refractivity contribution in [3.05, 3.63) is 77.4 Å². The molecule has 0 saturated heterocycles. The van der Waals surface area contributed by atoms with Crippen molar-refractivity contribution < 1.29 is 9.53 Å². The molecule has 29 heavy (non-hydrogen) atoms. The minimum atomic E-state index is -0.0449. The average molecular weight is 379 g/mol. The number of fused-ring (bicyclic) bond motifs is 1. The molecule has 0 atom stereocenters. The number of carbonyl (C=O) groups is 1. The van der Waals surface area contributed by atoms with Crippen LogP contribution in [0.25, 0.3) is 16.7 Å². The monoisotopic (exact) mass is 379 g/mol. The molecule has 1 aromatic heterocycles. The molecule has 0 bridgehead atoms. The van der Waals surface area contributed by atoms with E-state index in [9.17, 15) is 15.3 Å². The summed E-state index contributed by atoms with van der Waals surface area (Å²) in [4.78, 5) is 11.5. The van der Waals surface area contributed by atoms with E-state index in [-0.39, 0.29) is 16.9 Å². The summed E-state index contributed by atoms with van der Waals surface area (Å²) in [7, 11) is 0. The quantitative estimate of drug-likeness (QED) is 0.493. The second-order valence-corrected chi connectivity index (χ2v) is 6.26. The van der Waals surface area contributed by atoms with Gasteiger partial charge in [0.25, 0.3) is 0 Å². The number of hydrogen-bond acceptors (Lipinski definition) is 6. The van der Waals surface area contributed by atoms with Crippen molar-refractivity contribution in [2.24, 2.45) is 0 Å². The molecule has 7 nitrogen and oxygen atoms in total. The van der Waals surface area contributed by atoms with Gasteiger partial charge in [0.15, 0.2) is 11.5 Å². The van der Waals surface area contributed by atoms with Crippen LogP contribution >= 0.6 is 0 Å². The lowest BCUT2D eigenvalue weighted by Crippen LogP contribution is -2.02. The second-order valence-electron chi connectivity index (χ2n) is 6.26. The topological polar surface area (TPSA) is 105 Å². The Labute approximate surface area is 166 Å². The van der Waals surface area contributed by atoms with Crippen LogP contribution in [0, 0.1) is 22.7 Å². The maximum Gasteiger partial charge on any atom is 0.159 e. The molecule has 0 aliphatic carbocycles. The summed E-state index contributed by atoms with van der Waals surface area (Å²) in [6, 6.07) is 21.2. The highest BCUT2D eigenvalue weighted by Crippen LogP contribution is 2.32. The summed E-state index contributed by atoms with van der Waals surface area (Å²) in [6.07, 6.45) is 0. The van der Waals surface area contributed by atoms with Crippen LogP contribution in [0.1, 0.15) is 28.4 Å². The SMILES string of the molecule is CC(=O)c1ccc(Oc2cc(C#N)c(C#N)cc2-n2nnc3ccccc32)cc1. The maximum atomic E-state index is 11.5. The number of rotatable bonds is 4. The lowest BCUT2D eigenvalue weighted by molar-refractivity contribution is 0.101. The number of Topliss-reactive ketones (excluding diaryl/α,β-unsaturated/α-hetero) is 1. The molecular weight excluding hydrogens is 366 g/mol. The molecule has 3 aromatic carbocycles. The normalized spacial score (nSPS) is 10.3. The van der Waals surface area contributed by atoms with Gasteiger partial charge in [0.05, 0.1) is 16.6 Å². The van der Waals surface area contributed by atoms with Crippen molar-refractivity contribution in [1.82, 2.24) is 15.0 Å². The lowest BCUT2D eigenvalue weighted by atomic mass is 10.1. The van der Waals surface area contributed by atoms with Gasteiger partial charge in [-0.1, -0.05) is 17.3 Å². The van der Waals surface area contributed by atoms with Crippen molar-refractivity contribution in [2.45, 2.75) is 6.92 Å². The number of carbonyl (C=O) groups excluding carboxylic acids is 1. The highest BCUT2D eigenvalue weighted by atomic mass is 16.5. The third kappa shape index (κ3) is 3.29. The Hall–Kier alpha value is -4.49. The molecular formula is C22H13N5O2. The van der Waals surface area contributed by atoms with Gasteiger partial charge in [-0.3, -0.25) is 4.79 Å². The fourth-order valence-electron chi connectivity index (χ4n) is 2.93. The van der Waals surface area contributed by atoms with Gasteiger partial charge >= 0.3 is 0 Å². The van der Waals surface area contributed by atoms with Crippen molar-refractivity contribution in [3.8, 4) is 29.3 Å². The first-order chi connectivity index (χ1) is 14.1. The lowest BCUT2D eigenvalue weighted by Gasteiger charge is -2.13. The molecule has 0 spiro atoms. The average Bonchev–Trinajstić information content (AvgIpc) is 3.17. The summed E-state index contributed by atoms with van der Waals surface area (Å²) >= 11 is 0. The van der Waals surface area contributed by atoms with Crippen molar-refractivity contribution in [3.63, 3.8) is 0 Å². The fraction of sp³-hybridized carbons (Fsp3) is 0.0455. The minimum Gasteiger partial charge on any atom is -0.455 e. The largest absolute Gasteiger partial charge is 0.455 e. The van der Waals surface area contributed by atoms with Crippen LogP contribution in [-0.2, 0) is 0 Å². The summed E-state index contributed by atoms with van der Waals surface area (Å²) in [5.74, 6) is 0.775. The van der Waals surface area contributed by atoms with Gasteiger partial charge in [0.2, 0.25) is 0 Å². The van der Waals surface area contributed by atoms with Crippen LogP contribution in [0.5, 0.6) is 11.5 Å². The van der Waals surface area contributed by atoms with Gasteiger partial charge < -0.3 is 4.74 Å². The first-order valence-corrected chi connectivity index (χ1v) is 8.68. The Morgan fingerprint density at radius 2 is 1.69 bits per heavy atom. The molecule has 0 aliphatic rings.